The van der Waals surface area contributed by atoms with Crippen molar-refractivity contribution in [2.24, 2.45) is 5.92 Å². The summed E-state index contributed by atoms with van der Waals surface area (Å²) in [6.45, 7) is 2.30. The van der Waals surface area contributed by atoms with E-state index in [0.29, 0.717) is 23.1 Å². The molecular formula is C16H17N3O3S. The number of benzene rings is 1. The van der Waals surface area contributed by atoms with Crippen molar-refractivity contribution >= 4 is 34.0 Å². The van der Waals surface area contributed by atoms with Crippen molar-refractivity contribution in [3.8, 4) is 5.75 Å². The maximum atomic E-state index is 12.3. The summed E-state index contributed by atoms with van der Waals surface area (Å²) in [4.78, 5) is 30.3. The van der Waals surface area contributed by atoms with Crippen LogP contribution < -0.4 is 15.0 Å². The van der Waals surface area contributed by atoms with Gasteiger partial charge in [-0.2, -0.15) is 0 Å². The van der Waals surface area contributed by atoms with Gasteiger partial charge in [0.2, 0.25) is 11.8 Å². The number of rotatable bonds is 4. The molecular weight excluding hydrogens is 314 g/mol. The van der Waals surface area contributed by atoms with E-state index in [4.69, 9.17) is 4.74 Å². The zero-order valence-corrected chi connectivity index (χ0v) is 13.7. The van der Waals surface area contributed by atoms with Crippen LogP contribution in [0, 0.1) is 12.8 Å². The average molecular weight is 331 g/mol. The molecule has 6 nitrogen and oxygen atoms in total. The molecule has 1 saturated heterocycles. The van der Waals surface area contributed by atoms with E-state index in [0.717, 1.165) is 5.56 Å². The number of aryl methyl sites for hydroxylation is 1. The van der Waals surface area contributed by atoms with E-state index in [1.165, 1.54) is 11.3 Å². The summed E-state index contributed by atoms with van der Waals surface area (Å²) in [7, 11) is 1.57. The van der Waals surface area contributed by atoms with Crippen molar-refractivity contribution in [1.82, 2.24) is 4.98 Å². The first kappa shape index (κ1) is 15.5. The minimum atomic E-state index is -0.392. The van der Waals surface area contributed by atoms with Crippen LogP contribution in [0.1, 0.15) is 12.0 Å². The summed E-state index contributed by atoms with van der Waals surface area (Å²) in [6.07, 6.45) is 1.82. The minimum Gasteiger partial charge on any atom is -0.495 e. The van der Waals surface area contributed by atoms with E-state index in [2.05, 4.69) is 10.3 Å². The summed E-state index contributed by atoms with van der Waals surface area (Å²) in [5, 5.41) is 5.10. The number of aromatic nitrogens is 1. The Bertz CT molecular complexity index is 730. The highest BCUT2D eigenvalue weighted by atomic mass is 32.1. The lowest BCUT2D eigenvalue weighted by Crippen LogP contribution is -2.28. The lowest BCUT2D eigenvalue weighted by molar-refractivity contribution is -0.122. The first-order valence-corrected chi connectivity index (χ1v) is 8.12. The van der Waals surface area contributed by atoms with Gasteiger partial charge < -0.3 is 15.0 Å². The lowest BCUT2D eigenvalue weighted by atomic mass is 10.1. The Kier molecular flexibility index (Phi) is 4.29. The first-order chi connectivity index (χ1) is 11.1. The summed E-state index contributed by atoms with van der Waals surface area (Å²) in [6, 6.07) is 5.66. The van der Waals surface area contributed by atoms with Crippen molar-refractivity contribution in [3.05, 3.63) is 35.3 Å². The zero-order valence-electron chi connectivity index (χ0n) is 12.9. The number of nitrogens with zero attached hydrogens (tertiary/aromatic N) is 2. The van der Waals surface area contributed by atoms with Crippen LogP contribution in [0.2, 0.25) is 0 Å². The molecule has 0 radical (unpaired) electrons. The average Bonchev–Trinajstić information content (AvgIpc) is 3.16. The van der Waals surface area contributed by atoms with Crippen LogP contribution in [-0.4, -0.2) is 30.5 Å². The third kappa shape index (κ3) is 3.19. The summed E-state index contributed by atoms with van der Waals surface area (Å²) in [5.74, 6) is -0.0165. The van der Waals surface area contributed by atoms with Gasteiger partial charge in [-0.05, 0) is 24.6 Å². The van der Waals surface area contributed by atoms with Gasteiger partial charge in [-0.25, -0.2) is 4.98 Å². The van der Waals surface area contributed by atoms with Crippen molar-refractivity contribution in [3.63, 3.8) is 0 Å². The highest BCUT2D eigenvalue weighted by molar-refractivity contribution is 7.13. The number of nitrogens with one attached hydrogen (secondary N) is 1. The summed E-state index contributed by atoms with van der Waals surface area (Å²) in [5.41, 5.74) is 1.74. The first-order valence-electron chi connectivity index (χ1n) is 7.24. The van der Waals surface area contributed by atoms with E-state index < -0.39 is 5.92 Å². The fourth-order valence-corrected chi connectivity index (χ4v) is 3.15. The van der Waals surface area contributed by atoms with Gasteiger partial charge in [-0.1, -0.05) is 6.07 Å². The molecule has 0 spiro atoms. The highest BCUT2D eigenvalue weighted by Crippen LogP contribution is 2.34. The molecule has 1 aromatic heterocycles. The van der Waals surface area contributed by atoms with Gasteiger partial charge in [-0.15, -0.1) is 11.3 Å². The van der Waals surface area contributed by atoms with Gasteiger partial charge in [0, 0.05) is 24.5 Å². The quantitative estimate of drug-likeness (QED) is 0.934. The topological polar surface area (TPSA) is 71.5 Å². The number of carbonyl (C=O) groups is 2. The molecule has 1 aliphatic heterocycles. The molecule has 2 amide bonds. The summed E-state index contributed by atoms with van der Waals surface area (Å²) >= 11 is 1.35. The van der Waals surface area contributed by atoms with Crippen LogP contribution in [0.4, 0.5) is 10.8 Å². The Balaban J connectivity index is 1.77. The molecule has 2 heterocycles. The monoisotopic (exact) mass is 331 g/mol. The number of ether oxygens (including phenoxy) is 1. The largest absolute Gasteiger partial charge is 0.495 e. The molecule has 1 fully saturated rings. The Morgan fingerprint density at radius 3 is 3.00 bits per heavy atom. The molecule has 0 aliphatic carbocycles. The molecule has 0 bridgehead atoms. The highest BCUT2D eigenvalue weighted by Gasteiger charge is 2.36. The number of methoxy groups -OCH3 is 1. The van der Waals surface area contributed by atoms with E-state index in [1.807, 2.05) is 25.1 Å². The fraction of sp³-hybridized carbons (Fsp3) is 0.312. The zero-order chi connectivity index (χ0) is 16.4. The van der Waals surface area contributed by atoms with Crippen molar-refractivity contribution in [2.45, 2.75) is 13.3 Å². The van der Waals surface area contributed by atoms with Gasteiger partial charge in [-0.3, -0.25) is 9.59 Å². The predicted molar refractivity (Wildman–Crippen MR) is 88.9 cm³/mol. The van der Waals surface area contributed by atoms with Crippen molar-refractivity contribution in [2.75, 3.05) is 23.9 Å². The molecule has 0 saturated carbocycles. The number of hydrogen-bond acceptors (Lipinski definition) is 5. The van der Waals surface area contributed by atoms with Gasteiger partial charge >= 0.3 is 0 Å². The molecule has 1 aromatic carbocycles. The third-order valence-electron chi connectivity index (χ3n) is 3.78. The second kappa shape index (κ2) is 6.37. The van der Waals surface area contributed by atoms with Gasteiger partial charge in [0.25, 0.3) is 0 Å². The normalized spacial score (nSPS) is 17.4. The van der Waals surface area contributed by atoms with Crippen molar-refractivity contribution < 1.29 is 14.3 Å². The Labute approximate surface area is 138 Å². The Morgan fingerprint density at radius 2 is 2.30 bits per heavy atom. The number of carbonyl (C=O) groups excluding carboxylic acids is 2. The molecule has 3 rings (SSSR count). The molecule has 23 heavy (non-hydrogen) atoms. The number of thiazole rings is 1. The van der Waals surface area contributed by atoms with Crippen LogP contribution in [0.3, 0.4) is 0 Å². The molecule has 1 N–H and O–H groups in total. The van der Waals surface area contributed by atoms with Crippen molar-refractivity contribution in [1.29, 1.82) is 0 Å². The number of hydrogen-bond donors (Lipinski definition) is 1. The SMILES string of the molecule is COc1ccc(C)cc1N1CC(C(=O)Nc2nccs2)CC1=O. The molecule has 1 atom stereocenters. The minimum absolute atomic E-state index is 0.0758. The Hall–Kier alpha value is -2.41. The van der Waals surface area contributed by atoms with Crippen LogP contribution in [-0.2, 0) is 9.59 Å². The molecule has 2 aromatic rings. The Morgan fingerprint density at radius 1 is 1.48 bits per heavy atom. The predicted octanol–water partition coefficient (Wildman–Crippen LogP) is 2.45. The van der Waals surface area contributed by atoms with Gasteiger partial charge in [0.05, 0.1) is 18.7 Å². The van der Waals surface area contributed by atoms with Crippen LogP contribution in [0.15, 0.2) is 29.8 Å². The van der Waals surface area contributed by atoms with Gasteiger partial charge in [0.15, 0.2) is 5.13 Å². The second-order valence-corrected chi connectivity index (χ2v) is 6.30. The number of amides is 2. The smallest absolute Gasteiger partial charge is 0.231 e. The lowest BCUT2D eigenvalue weighted by Gasteiger charge is -2.20. The van der Waals surface area contributed by atoms with E-state index >= 15 is 0 Å². The molecule has 1 aliphatic rings. The van der Waals surface area contributed by atoms with Crippen LogP contribution in [0.5, 0.6) is 5.75 Å². The van der Waals surface area contributed by atoms with E-state index in [9.17, 15) is 9.59 Å². The molecule has 1 unspecified atom stereocenters. The van der Waals surface area contributed by atoms with Crippen LogP contribution >= 0.6 is 11.3 Å². The van der Waals surface area contributed by atoms with E-state index in [1.54, 1.807) is 23.6 Å². The maximum absolute atomic E-state index is 12.3. The number of anilines is 2. The summed E-state index contributed by atoms with van der Waals surface area (Å²) < 4.78 is 5.34. The standard InChI is InChI=1S/C16H17N3O3S/c1-10-3-4-13(22-2)12(7-10)19-9-11(8-14(19)20)15(21)18-16-17-5-6-23-16/h3-7,11H,8-9H2,1-2H3,(H,17,18,21). The van der Waals surface area contributed by atoms with E-state index in [-0.39, 0.29) is 18.2 Å². The molecule has 120 valence electrons. The molecule has 7 heteroatoms. The third-order valence-corrected chi connectivity index (χ3v) is 4.47. The second-order valence-electron chi connectivity index (χ2n) is 5.41. The van der Waals surface area contributed by atoms with Crippen LogP contribution in [0.25, 0.3) is 0 Å². The maximum Gasteiger partial charge on any atom is 0.231 e. The van der Waals surface area contributed by atoms with Gasteiger partial charge in [0.1, 0.15) is 5.75 Å². The fourth-order valence-electron chi connectivity index (χ4n) is 2.62.